The summed E-state index contributed by atoms with van der Waals surface area (Å²) in [5.41, 5.74) is 1.65. The summed E-state index contributed by atoms with van der Waals surface area (Å²) in [7, 11) is 0. The number of ether oxygens (including phenoxy) is 4. The molecule has 2 aliphatic heterocycles. The van der Waals surface area contributed by atoms with Crippen LogP contribution in [0.25, 0.3) is 0 Å². The SMILES string of the molecule is O=C(Cc1ccc(OCC2CO2)cc1)c1ccc(OCC2CO2)cc1. The highest BCUT2D eigenvalue weighted by Crippen LogP contribution is 2.19. The fourth-order valence-electron chi connectivity index (χ4n) is 2.43. The van der Waals surface area contributed by atoms with E-state index in [4.69, 9.17) is 18.9 Å². The number of benzene rings is 2. The van der Waals surface area contributed by atoms with Crippen LogP contribution in [-0.4, -0.2) is 44.4 Å². The zero-order valence-corrected chi connectivity index (χ0v) is 13.9. The van der Waals surface area contributed by atoms with Crippen LogP contribution in [0.15, 0.2) is 48.5 Å². The van der Waals surface area contributed by atoms with Gasteiger partial charge in [-0.05, 0) is 42.0 Å². The van der Waals surface area contributed by atoms with Crippen LogP contribution in [0.5, 0.6) is 11.5 Å². The summed E-state index contributed by atoms with van der Waals surface area (Å²) < 4.78 is 21.4. The maximum absolute atomic E-state index is 12.4. The highest BCUT2D eigenvalue weighted by molar-refractivity contribution is 5.97. The van der Waals surface area contributed by atoms with Crippen LogP contribution in [0.2, 0.25) is 0 Å². The van der Waals surface area contributed by atoms with Crippen LogP contribution >= 0.6 is 0 Å². The second-order valence-electron chi connectivity index (χ2n) is 6.30. The first-order valence-corrected chi connectivity index (χ1v) is 8.47. The molecule has 25 heavy (non-hydrogen) atoms. The third-order valence-electron chi connectivity index (χ3n) is 4.14. The molecule has 5 heteroatoms. The maximum atomic E-state index is 12.4. The average molecular weight is 340 g/mol. The molecule has 130 valence electrons. The zero-order chi connectivity index (χ0) is 17.1. The Hall–Kier alpha value is -2.37. The second kappa shape index (κ2) is 7.25. The molecule has 0 bridgehead atoms. The molecular formula is C20H20O5. The normalized spacial score (nSPS) is 20.8. The van der Waals surface area contributed by atoms with E-state index in [9.17, 15) is 4.79 Å². The highest BCUT2D eigenvalue weighted by Gasteiger charge is 2.23. The van der Waals surface area contributed by atoms with E-state index in [0.717, 1.165) is 30.3 Å². The van der Waals surface area contributed by atoms with Gasteiger partial charge in [-0.15, -0.1) is 0 Å². The van der Waals surface area contributed by atoms with E-state index < -0.39 is 0 Å². The van der Waals surface area contributed by atoms with Gasteiger partial charge in [0, 0.05) is 12.0 Å². The number of ketones is 1. The monoisotopic (exact) mass is 340 g/mol. The molecule has 2 heterocycles. The van der Waals surface area contributed by atoms with Gasteiger partial charge in [0.25, 0.3) is 0 Å². The van der Waals surface area contributed by atoms with Crippen LogP contribution in [0, 0.1) is 0 Å². The van der Waals surface area contributed by atoms with E-state index >= 15 is 0 Å². The molecule has 5 nitrogen and oxygen atoms in total. The van der Waals surface area contributed by atoms with Gasteiger partial charge in [0.15, 0.2) is 5.78 Å². The summed E-state index contributed by atoms with van der Waals surface area (Å²) in [5, 5.41) is 0. The van der Waals surface area contributed by atoms with Crippen LogP contribution in [-0.2, 0) is 15.9 Å². The number of carbonyl (C=O) groups is 1. The standard InChI is InChI=1S/C20H20O5/c21-20(15-3-7-17(8-4-15)23-11-19-13-25-19)9-14-1-5-16(6-2-14)22-10-18-12-24-18/h1-8,18-19H,9-13H2. The minimum atomic E-state index is 0.0807. The smallest absolute Gasteiger partial charge is 0.167 e. The van der Waals surface area contributed by atoms with E-state index in [1.54, 1.807) is 12.1 Å². The lowest BCUT2D eigenvalue weighted by atomic mass is 10.0. The molecular weight excluding hydrogens is 320 g/mol. The van der Waals surface area contributed by atoms with Gasteiger partial charge >= 0.3 is 0 Å². The summed E-state index contributed by atoms with van der Waals surface area (Å²) in [6, 6.07) is 14.9. The van der Waals surface area contributed by atoms with Gasteiger partial charge in [-0.1, -0.05) is 12.1 Å². The molecule has 2 unspecified atom stereocenters. The zero-order valence-electron chi connectivity index (χ0n) is 13.9. The van der Waals surface area contributed by atoms with Crippen molar-refractivity contribution in [2.45, 2.75) is 18.6 Å². The van der Waals surface area contributed by atoms with Crippen LogP contribution in [0.4, 0.5) is 0 Å². The Morgan fingerprint density at radius 2 is 1.32 bits per heavy atom. The summed E-state index contributed by atoms with van der Waals surface area (Å²) in [6.45, 7) is 2.70. The molecule has 0 amide bonds. The van der Waals surface area contributed by atoms with Crippen molar-refractivity contribution in [2.24, 2.45) is 0 Å². The average Bonchev–Trinajstić information content (AvgIpc) is 3.55. The van der Waals surface area contributed by atoms with E-state index in [-0.39, 0.29) is 18.0 Å². The van der Waals surface area contributed by atoms with Gasteiger partial charge in [-0.25, -0.2) is 0 Å². The number of epoxide rings is 2. The minimum absolute atomic E-state index is 0.0807. The molecule has 2 aromatic carbocycles. The fourth-order valence-corrected chi connectivity index (χ4v) is 2.43. The van der Waals surface area contributed by atoms with Gasteiger partial charge in [0.05, 0.1) is 13.2 Å². The molecule has 2 aliphatic rings. The van der Waals surface area contributed by atoms with Crippen molar-refractivity contribution in [2.75, 3.05) is 26.4 Å². The van der Waals surface area contributed by atoms with Gasteiger partial charge in [-0.2, -0.15) is 0 Å². The highest BCUT2D eigenvalue weighted by atomic mass is 16.6. The van der Waals surface area contributed by atoms with Crippen molar-refractivity contribution in [3.05, 3.63) is 59.7 Å². The molecule has 0 saturated carbocycles. The van der Waals surface area contributed by atoms with Crippen LogP contribution in [0.1, 0.15) is 15.9 Å². The number of rotatable bonds is 9. The molecule has 0 N–H and O–H groups in total. The first-order chi connectivity index (χ1) is 12.3. The first-order valence-electron chi connectivity index (χ1n) is 8.47. The Morgan fingerprint density at radius 1 is 0.840 bits per heavy atom. The van der Waals surface area contributed by atoms with Gasteiger partial charge in [-0.3, -0.25) is 4.79 Å². The molecule has 0 spiro atoms. The van der Waals surface area contributed by atoms with Crippen molar-refractivity contribution in [3.63, 3.8) is 0 Å². The Kier molecular flexibility index (Phi) is 4.68. The number of hydrogen-bond donors (Lipinski definition) is 0. The van der Waals surface area contributed by atoms with Crippen molar-refractivity contribution in [1.29, 1.82) is 0 Å². The van der Waals surface area contributed by atoms with E-state index in [2.05, 4.69) is 0 Å². The van der Waals surface area contributed by atoms with Gasteiger partial charge < -0.3 is 18.9 Å². The molecule has 4 rings (SSSR count). The molecule has 0 radical (unpaired) electrons. The Balaban J connectivity index is 1.29. The lowest BCUT2D eigenvalue weighted by molar-refractivity contribution is 0.0993. The van der Waals surface area contributed by atoms with Crippen molar-refractivity contribution < 1.29 is 23.7 Å². The Bertz CT molecular complexity index is 715. The van der Waals surface area contributed by atoms with Gasteiger partial charge in [0.2, 0.25) is 0 Å². The predicted octanol–water partition coefficient (Wildman–Crippen LogP) is 2.67. The summed E-state index contributed by atoms with van der Waals surface area (Å²) in [4.78, 5) is 12.4. The largest absolute Gasteiger partial charge is 0.491 e. The topological polar surface area (TPSA) is 60.6 Å². The Labute approximate surface area is 146 Å². The lowest BCUT2D eigenvalue weighted by Gasteiger charge is -2.07. The third kappa shape index (κ3) is 4.81. The fraction of sp³-hybridized carbons (Fsp3) is 0.350. The number of Topliss-reactive ketones (excluding diaryl/α,β-unsaturated/α-hetero) is 1. The number of hydrogen-bond acceptors (Lipinski definition) is 5. The molecule has 2 atom stereocenters. The first kappa shape index (κ1) is 16.1. The quantitative estimate of drug-likeness (QED) is 0.519. The number of carbonyl (C=O) groups excluding carboxylic acids is 1. The summed E-state index contributed by atoms with van der Waals surface area (Å²) in [6.07, 6.45) is 0.831. The third-order valence-corrected chi connectivity index (χ3v) is 4.14. The summed E-state index contributed by atoms with van der Waals surface area (Å²) in [5.74, 6) is 1.64. The van der Waals surface area contributed by atoms with Crippen LogP contribution < -0.4 is 9.47 Å². The van der Waals surface area contributed by atoms with Crippen molar-refractivity contribution in [1.82, 2.24) is 0 Å². The second-order valence-corrected chi connectivity index (χ2v) is 6.30. The van der Waals surface area contributed by atoms with E-state index in [1.807, 2.05) is 36.4 Å². The van der Waals surface area contributed by atoms with E-state index in [0.29, 0.717) is 25.2 Å². The predicted molar refractivity (Wildman–Crippen MR) is 91.4 cm³/mol. The van der Waals surface area contributed by atoms with Crippen molar-refractivity contribution in [3.8, 4) is 11.5 Å². The molecule has 0 aliphatic carbocycles. The van der Waals surface area contributed by atoms with E-state index in [1.165, 1.54) is 0 Å². The molecule has 2 fully saturated rings. The lowest BCUT2D eigenvalue weighted by Crippen LogP contribution is -2.06. The maximum Gasteiger partial charge on any atom is 0.167 e. The Morgan fingerprint density at radius 3 is 1.80 bits per heavy atom. The van der Waals surface area contributed by atoms with Gasteiger partial charge in [0.1, 0.15) is 36.9 Å². The molecule has 2 saturated heterocycles. The molecule has 0 aromatic heterocycles. The molecule has 2 aromatic rings. The summed E-state index contributed by atoms with van der Waals surface area (Å²) >= 11 is 0. The minimum Gasteiger partial charge on any atom is -0.491 e. The van der Waals surface area contributed by atoms with Crippen LogP contribution in [0.3, 0.4) is 0 Å². The van der Waals surface area contributed by atoms with Crippen molar-refractivity contribution >= 4 is 5.78 Å².